The zero-order chi connectivity index (χ0) is 10.6. The lowest BCUT2D eigenvalue weighted by atomic mass is 10.2. The number of Topliss-reactive ketones (excluding diaryl/α,β-unsaturated/α-hetero) is 1. The first-order valence-electron chi connectivity index (χ1n) is 5.18. The highest BCUT2D eigenvalue weighted by Crippen LogP contribution is 2.09. The van der Waals surface area contributed by atoms with Gasteiger partial charge in [0.05, 0.1) is 0 Å². The fraction of sp³-hybridized carbons (Fsp3) is 0.800. The summed E-state index contributed by atoms with van der Waals surface area (Å²) >= 11 is 0. The van der Waals surface area contributed by atoms with Gasteiger partial charge in [-0.1, -0.05) is 0 Å². The van der Waals surface area contributed by atoms with E-state index >= 15 is 0 Å². The minimum atomic E-state index is 0.0833. The monoisotopic (exact) mass is 198 g/mol. The van der Waals surface area contributed by atoms with Crippen LogP contribution in [-0.2, 0) is 4.79 Å². The van der Waals surface area contributed by atoms with Crippen molar-refractivity contribution in [1.29, 1.82) is 0 Å². The molecule has 1 aliphatic heterocycles. The van der Waals surface area contributed by atoms with Crippen LogP contribution in [0.5, 0.6) is 0 Å². The van der Waals surface area contributed by atoms with Crippen LogP contribution in [0.2, 0.25) is 0 Å². The molecule has 0 unspecified atom stereocenters. The summed E-state index contributed by atoms with van der Waals surface area (Å²) in [5, 5.41) is 0. The standard InChI is InChI=1S/C10H18N2O2/c1-3-11-6-4-7-12(10(11)14)8-5-9(2)13/h3-8H2,1-2H3. The molecule has 1 rings (SSSR count). The van der Waals surface area contributed by atoms with Crippen LogP contribution >= 0.6 is 0 Å². The molecule has 0 aromatic carbocycles. The summed E-state index contributed by atoms with van der Waals surface area (Å²) in [5.41, 5.74) is 0. The Morgan fingerprint density at radius 1 is 1.36 bits per heavy atom. The van der Waals surface area contributed by atoms with E-state index in [0.29, 0.717) is 13.0 Å². The second kappa shape index (κ2) is 4.98. The largest absolute Gasteiger partial charge is 0.325 e. The Morgan fingerprint density at radius 3 is 2.57 bits per heavy atom. The number of amides is 2. The van der Waals surface area contributed by atoms with Crippen molar-refractivity contribution in [3.8, 4) is 0 Å². The van der Waals surface area contributed by atoms with Gasteiger partial charge in [-0.2, -0.15) is 0 Å². The molecule has 0 atom stereocenters. The molecular weight excluding hydrogens is 180 g/mol. The predicted molar refractivity (Wildman–Crippen MR) is 54.1 cm³/mol. The number of urea groups is 1. The first-order chi connectivity index (χ1) is 6.65. The first kappa shape index (κ1) is 11.0. The van der Waals surface area contributed by atoms with Gasteiger partial charge in [0.1, 0.15) is 5.78 Å². The van der Waals surface area contributed by atoms with E-state index < -0.39 is 0 Å². The molecule has 0 saturated carbocycles. The Labute approximate surface area is 84.9 Å². The van der Waals surface area contributed by atoms with E-state index in [0.717, 1.165) is 26.1 Å². The average Bonchev–Trinajstić information content (AvgIpc) is 2.16. The van der Waals surface area contributed by atoms with E-state index in [1.165, 1.54) is 0 Å². The summed E-state index contributed by atoms with van der Waals surface area (Å²) in [7, 11) is 0. The third-order valence-electron chi connectivity index (χ3n) is 2.51. The highest BCUT2D eigenvalue weighted by atomic mass is 16.2. The second-order valence-electron chi connectivity index (χ2n) is 3.65. The fourth-order valence-corrected chi connectivity index (χ4v) is 1.64. The molecule has 0 radical (unpaired) electrons. The molecule has 4 heteroatoms. The van der Waals surface area contributed by atoms with Crippen molar-refractivity contribution in [3.63, 3.8) is 0 Å². The number of carbonyl (C=O) groups excluding carboxylic acids is 2. The smallest absolute Gasteiger partial charge is 0.320 e. The molecule has 1 heterocycles. The Morgan fingerprint density at radius 2 is 2.00 bits per heavy atom. The minimum Gasteiger partial charge on any atom is -0.325 e. The Balaban J connectivity index is 2.43. The maximum Gasteiger partial charge on any atom is 0.320 e. The lowest BCUT2D eigenvalue weighted by Gasteiger charge is -2.34. The summed E-state index contributed by atoms with van der Waals surface area (Å²) < 4.78 is 0. The van der Waals surface area contributed by atoms with Crippen molar-refractivity contribution >= 4 is 11.8 Å². The molecule has 14 heavy (non-hydrogen) atoms. The molecule has 2 amide bonds. The van der Waals surface area contributed by atoms with Crippen LogP contribution < -0.4 is 0 Å². The summed E-state index contributed by atoms with van der Waals surface area (Å²) in [6.07, 6.45) is 1.49. The van der Waals surface area contributed by atoms with Crippen LogP contribution in [0.3, 0.4) is 0 Å². The van der Waals surface area contributed by atoms with Gasteiger partial charge in [-0.05, 0) is 20.3 Å². The lowest BCUT2D eigenvalue weighted by Crippen LogP contribution is -2.49. The molecule has 0 N–H and O–H groups in total. The summed E-state index contributed by atoms with van der Waals surface area (Å²) in [4.78, 5) is 26.1. The molecule has 1 aliphatic rings. The SMILES string of the molecule is CCN1CCCN(CCC(C)=O)C1=O. The van der Waals surface area contributed by atoms with Crippen molar-refractivity contribution in [1.82, 2.24) is 9.80 Å². The number of hydrogen-bond acceptors (Lipinski definition) is 2. The number of ketones is 1. The normalized spacial score (nSPS) is 17.4. The van der Waals surface area contributed by atoms with E-state index in [1.807, 2.05) is 11.8 Å². The van der Waals surface area contributed by atoms with Gasteiger partial charge < -0.3 is 9.80 Å². The van der Waals surface area contributed by atoms with Gasteiger partial charge in [0.25, 0.3) is 0 Å². The number of hydrogen-bond donors (Lipinski definition) is 0. The Hall–Kier alpha value is -1.06. The molecule has 1 fully saturated rings. The zero-order valence-electron chi connectivity index (χ0n) is 8.95. The number of carbonyl (C=O) groups is 2. The molecule has 0 spiro atoms. The third kappa shape index (κ3) is 2.72. The molecular formula is C10H18N2O2. The van der Waals surface area contributed by atoms with Crippen molar-refractivity contribution < 1.29 is 9.59 Å². The molecule has 0 aliphatic carbocycles. The third-order valence-corrected chi connectivity index (χ3v) is 2.51. The Bertz CT molecular complexity index is 228. The quantitative estimate of drug-likeness (QED) is 0.679. The molecule has 80 valence electrons. The maximum absolute atomic E-state index is 11.7. The summed E-state index contributed by atoms with van der Waals surface area (Å²) in [6, 6.07) is 0.0833. The van der Waals surface area contributed by atoms with Crippen molar-refractivity contribution in [2.75, 3.05) is 26.2 Å². The highest BCUT2D eigenvalue weighted by molar-refractivity contribution is 5.78. The molecule has 1 saturated heterocycles. The number of rotatable bonds is 4. The first-order valence-corrected chi connectivity index (χ1v) is 5.18. The predicted octanol–water partition coefficient (Wildman–Crippen LogP) is 1.11. The van der Waals surface area contributed by atoms with Crippen LogP contribution in [0.15, 0.2) is 0 Å². The minimum absolute atomic E-state index is 0.0833. The summed E-state index contributed by atoms with van der Waals surface area (Å²) in [6.45, 7) is 6.52. The second-order valence-corrected chi connectivity index (χ2v) is 3.65. The van der Waals surface area contributed by atoms with E-state index in [4.69, 9.17) is 0 Å². The fourth-order valence-electron chi connectivity index (χ4n) is 1.64. The van der Waals surface area contributed by atoms with Gasteiger partial charge in [0.15, 0.2) is 0 Å². The summed E-state index contributed by atoms with van der Waals surface area (Å²) in [5.74, 6) is 0.145. The van der Waals surface area contributed by atoms with Crippen LogP contribution in [0.4, 0.5) is 4.79 Å². The lowest BCUT2D eigenvalue weighted by molar-refractivity contribution is -0.117. The molecule has 0 bridgehead atoms. The topological polar surface area (TPSA) is 40.6 Å². The highest BCUT2D eigenvalue weighted by Gasteiger charge is 2.23. The number of nitrogens with zero attached hydrogens (tertiary/aromatic N) is 2. The van der Waals surface area contributed by atoms with Gasteiger partial charge in [0, 0.05) is 32.6 Å². The van der Waals surface area contributed by atoms with Crippen LogP contribution in [0.25, 0.3) is 0 Å². The van der Waals surface area contributed by atoms with Gasteiger partial charge >= 0.3 is 6.03 Å². The van der Waals surface area contributed by atoms with E-state index in [2.05, 4.69) is 0 Å². The van der Waals surface area contributed by atoms with Crippen molar-refractivity contribution in [3.05, 3.63) is 0 Å². The Kier molecular flexibility index (Phi) is 3.92. The van der Waals surface area contributed by atoms with E-state index in [1.54, 1.807) is 11.8 Å². The van der Waals surface area contributed by atoms with Gasteiger partial charge in [-0.25, -0.2) is 4.79 Å². The van der Waals surface area contributed by atoms with Gasteiger partial charge in [-0.3, -0.25) is 4.79 Å². The van der Waals surface area contributed by atoms with Crippen molar-refractivity contribution in [2.45, 2.75) is 26.7 Å². The van der Waals surface area contributed by atoms with Crippen LogP contribution in [0, 0.1) is 0 Å². The van der Waals surface area contributed by atoms with Gasteiger partial charge in [-0.15, -0.1) is 0 Å². The van der Waals surface area contributed by atoms with E-state index in [9.17, 15) is 9.59 Å². The molecule has 0 aromatic rings. The molecule has 4 nitrogen and oxygen atoms in total. The average molecular weight is 198 g/mol. The van der Waals surface area contributed by atoms with Crippen LogP contribution in [-0.4, -0.2) is 47.8 Å². The van der Waals surface area contributed by atoms with Crippen molar-refractivity contribution in [2.24, 2.45) is 0 Å². The zero-order valence-corrected chi connectivity index (χ0v) is 8.95. The maximum atomic E-state index is 11.7. The van der Waals surface area contributed by atoms with E-state index in [-0.39, 0.29) is 11.8 Å². The van der Waals surface area contributed by atoms with Gasteiger partial charge in [0.2, 0.25) is 0 Å². The molecule has 0 aromatic heterocycles. The van der Waals surface area contributed by atoms with Crippen LogP contribution in [0.1, 0.15) is 26.7 Å².